The second-order valence-corrected chi connectivity index (χ2v) is 7.39. The molecule has 1 heterocycles. The molecule has 0 fully saturated rings. The molecule has 1 aromatic heterocycles. The van der Waals surface area contributed by atoms with Crippen molar-refractivity contribution < 1.29 is 9.53 Å². The van der Waals surface area contributed by atoms with Crippen molar-refractivity contribution in [1.29, 1.82) is 0 Å². The van der Waals surface area contributed by atoms with Crippen LogP contribution in [0.15, 0.2) is 29.8 Å². The van der Waals surface area contributed by atoms with Crippen LogP contribution >= 0.6 is 11.6 Å². The Bertz CT molecular complexity index is 891. The Morgan fingerprint density at radius 2 is 2.24 bits per heavy atom. The average molecular weight is 357 g/mol. The Balaban J connectivity index is 1.70. The summed E-state index contributed by atoms with van der Waals surface area (Å²) in [6.45, 7) is 2.26. The number of nitrogens with two attached hydrogens (primary N) is 1. The lowest BCUT2D eigenvalue weighted by molar-refractivity contribution is -0.142. The number of aromatic nitrogens is 1. The first-order valence-electron chi connectivity index (χ1n) is 8.77. The van der Waals surface area contributed by atoms with Gasteiger partial charge in [0.15, 0.2) is 0 Å². The molecule has 2 aromatic rings. The zero-order chi connectivity index (χ0) is 17.6. The first kappa shape index (κ1) is 16.4. The summed E-state index contributed by atoms with van der Waals surface area (Å²) in [5.74, 6) is 0.600. The van der Waals surface area contributed by atoms with Crippen LogP contribution in [0.4, 0.5) is 5.69 Å². The number of pyridine rings is 1. The van der Waals surface area contributed by atoms with Crippen LogP contribution in [0.2, 0.25) is 5.02 Å². The van der Waals surface area contributed by atoms with Crippen molar-refractivity contribution in [1.82, 2.24) is 4.98 Å². The molecule has 0 saturated carbocycles. The van der Waals surface area contributed by atoms with Gasteiger partial charge in [-0.2, -0.15) is 0 Å². The molecule has 0 spiro atoms. The number of hydrogen-bond acceptors (Lipinski definition) is 4. The summed E-state index contributed by atoms with van der Waals surface area (Å²) >= 11 is 6.11. The fraction of sp³-hybridized carbons (Fsp3) is 0.400. The quantitative estimate of drug-likeness (QED) is 0.654. The standard InChI is InChI=1S/C20H21ClN2O2/c1-2-25-18(24)9-12-5-11-6-13(7-12)19-17(8-11)23-16-10-14(21)3-4-15(16)20(19)22/h3-5,10-11,13H,2,6-9H2,1H3,(H2,22,23). The topological polar surface area (TPSA) is 65.2 Å². The summed E-state index contributed by atoms with van der Waals surface area (Å²) in [5, 5.41) is 1.63. The van der Waals surface area contributed by atoms with E-state index < -0.39 is 0 Å². The molecule has 2 N–H and O–H groups in total. The van der Waals surface area contributed by atoms with Gasteiger partial charge in [0.25, 0.3) is 0 Å². The highest BCUT2D eigenvalue weighted by Gasteiger charge is 2.34. The minimum absolute atomic E-state index is 0.145. The molecule has 5 heteroatoms. The Morgan fingerprint density at radius 1 is 1.40 bits per heavy atom. The molecule has 2 aliphatic rings. The van der Waals surface area contributed by atoms with Crippen LogP contribution in [0.25, 0.3) is 10.9 Å². The van der Waals surface area contributed by atoms with Gasteiger partial charge in [-0.05, 0) is 56.2 Å². The second kappa shape index (κ2) is 6.34. The Kier molecular flexibility index (Phi) is 4.16. The van der Waals surface area contributed by atoms with Gasteiger partial charge in [0, 0.05) is 27.4 Å². The number of allylic oxidation sites excluding steroid dienone is 1. The molecule has 2 aliphatic carbocycles. The minimum Gasteiger partial charge on any atom is -0.466 e. The lowest BCUT2D eigenvalue weighted by atomic mass is 9.70. The first-order valence-corrected chi connectivity index (χ1v) is 9.15. The molecule has 0 amide bonds. The number of halogens is 1. The smallest absolute Gasteiger partial charge is 0.309 e. The molecule has 2 bridgehead atoms. The third-order valence-electron chi connectivity index (χ3n) is 5.21. The van der Waals surface area contributed by atoms with Crippen molar-refractivity contribution in [3.8, 4) is 0 Å². The number of nitrogen functional groups attached to an aromatic ring is 1. The van der Waals surface area contributed by atoms with Crippen LogP contribution in [0.1, 0.15) is 43.4 Å². The molecular formula is C20H21ClN2O2. The predicted octanol–water partition coefficient (Wildman–Crippen LogP) is 4.40. The third-order valence-corrected chi connectivity index (χ3v) is 5.45. The Hall–Kier alpha value is -2.07. The molecular weight excluding hydrogens is 336 g/mol. The maximum absolute atomic E-state index is 11.8. The number of nitrogens with zero attached hydrogens (tertiary/aromatic N) is 1. The molecule has 25 heavy (non-hydrogen) atoms. The molecule has 130 valence electrons. The van der Waals surface area contributed by atoms with Gasteiger partial charge >= 0.3 is 5.97 Å². The van der Waals surface area contributed by atoms with Crippen LogP contribution in [-0.4, -0.2) is 17.6 Å². The summed E-state index contributed by atoms with van der Waals surface area (Å²) in [6.07, 6.45) is 5.42. The number of esters is 1. The van der Waals surface area contributed by atoms with Crippen molar-refractivity contribution in [2.24, 2.45) is 5.92 Å². The number of anilines is 1. The van der Waals surface area contributed by atoms with Crippen molar-refractivity contribution in [2.75, 3.05) is 12.3 Å². The maximum atomic E-state index is 11.8. The monoisotopic (exact) mass is 356 g/mol. The second-order valence-electron chi connectivity index (χ2n) is 6.95. The largest absolute Gasteiger partial charge is 0.466 e. The van der Waals surface area contributed by atoms with Gasteiger partial charge in [0.05, 0.1) is 18.5 Å². The molecule has 0 aliphatic heterocycles. The van der Waals surface area contributed by atoms with Crippen molar-refractivity contribution in [2.45, 2.75) is 38.5 Å². The van der Waals surface area contributed by atoms with Gasteiger partial charge in [-0.25, -0.2) is 0 Å². The molecule has 0 radical (unpaired) electrons. The number of fused-ring (bicyclic) bond motifs is 5. The van der Waals surface area contributed by atoms with Gasteiger partial charge in [0.2, 0.25) is 0 Å². The SMILES string of the molecule is CCOC(=O)CC1=CC2Cc3nc4cc(Cl)ccc4c(N)c3C(C1)C2. The van der Waals surface area contributed by atoms with E-state index in [1.807, 2.05) is 25.1 Å². The van der Waals surface area contributed by atoms with Crippen molar-refractivity contribution >= 4 is 34.2 Å². The highest BCUT2D eigenvalue weighted by Crippen LogP contribution is 2.47. The molecule has 4 nitrogen and oxygen atoms in total. The van der Waals surface area contributed by atoms with Gasteiger partial charge in [-0.15, -0.1) is 0 Å². The van der Waals surface area contributed by atoms with E-state index >= 15 is 0 Å². The molecule has 4 rings (SSSR count). The number of benzene rings is 1. The zero-order valence-electron chi connectivity index (χ0n) is 14.2. The van der Waals surface area contributed by atoms with Gasteiger partial charge in [-0.1, -0.05) is 23.3 Å². The van der Waals surface area contributed by atoms with Crippen LogP contribution < -0.4 is 5.73 Å². The lowest BCUT2D eigenvalue weighted by Gasteiger charge is -2.35. The van der Waals surface area contributed by atoms with E-state index in [0.29, 0.717) is 29.9 Å². The highest BCUT2D eigenvalue weighted by molar-refractivity contribution is 6.31. The minimum atomic E-state index is -0.145. The summed E-state index contributed by atoms with van der Waals surface area (Å²) < 4.78 is 5.10. The molecule has 1 aromatic carbocycles. The summed E-state index contributed by atoms with van der Waals surface area (Å²) in [4.78, 5) is 16.7. The fourth-order valence-electron chi connectivity index (χ4n) is 4.32. The van der Waals surface area contributed by atoms with Crippen molar-refractivity contribution in [3.05, 3.63) is 46.1 Å². The van der Waals surface area contributed by atoms with E-state index in [2.05, 4.69) is 6.08 Å². The van der Waals surface area contributed by atoms with E-state index in [-0.39, 0.29) is 5.97 Å². The summed E-state index contributed by atoms with van der Waals surface area (Å²) in [6, 6.07) is 5.68. The number of rotatable bonds is 3. The van der Waals surface area contributed by atoms with E-state index in [9.17, 15) is 4.79 Å². The van der Waals surface area contributed by atoms with Crippen LogP contribution in [0.5, 0.6) is 0 Å². The van der Waals surface area contributed by atoms with E-state index in [4.69, 9.17) is 27.1 Å². The number of ether oxygens (including phenoxy) is 1. The van der Waals surface area contributed by atoms with Gasteiger partial charge in [-0.3, -0.25) is 9.78 Å². The Morgan fingerprint density at radius 3 is 3.04 bits per heavy atom. The van der Waals surface area contributed by atoms with Crippen LogP contribution in [0, 0.1) is 5.92 Å². The number of hydrogen-bond donors (Lipinski definition) is 1. The maximum Gasteiger partial charge on any atom is 0.309 e. The zero-order valence-corrected chi connectivity index (χ0v) is 15.0. The summed E-state index contributed by atoms with van der Waals surface area (Å²) in [7, 11) is 0. The average Bonchev–Trinajstić information content (AvgIpc) is 2.54. The lowest BCUT2D eigenvalue weighted by Crippen LogP contribution is -2.25. The highest BCUT2D eigenvalue weighted by atomic mass is 35.5. The first-order chi connectivity index (χ1) is 12.0. The van der Waals surface area contributed by atoms with Crippen LogP contribution in [-0.2, 0) is 16.0 Å². The molecule has 0 saturated heterocycles. The van der Waals surface area contributed by atoms with E-state index in [0.717, 1.165) is 41.5 Å². The van der Waals surface area contributed by atoms with Gasteiger partial charge < -0.3 is 10.5 Å². The summed E-state index contributed by atoms with van der Waals surface area (Å²) in [5.41, 5.74) is 11.6. The number of carbonyl (C=O) groups excluding carboxylic acids is 1. The number of carbonyl (C=O) groups is 1. The molecule has 2 unspecified atom stereocenters. The van der Waals surface area contributed by atoms with E-state index in [1.54, 1.807) is 0 Å². The van der Waals surface area contributed by atoms with E-state index in [1.165, 1.54) is 11.1 Å². The predicted molar refractivity (Wildman–Crippen MR) is 99.7 cm³/mol. The third kappa shape index (κ3) is 2.99. The molecule has 2 atom stereocenters. The van der Waals surface area contributed by atoms with Crippen LogP contribution in [0.3, 0.4) is 0 Å². The normalized spacial score (nSPS) is 21.6. The Labute approximate surface area is 152 Å². The van der Waals surface area contributed by atoms with Crippen molar-refractivity contribution in [3.63, 3.8) is 0 Å². The van der Waals surface area contributed by atoms with Gasteiger partial charge in [0.1, 0.15) is 0 Å². The fourth-order valence-corrected chi connectivity index (χ4v) is 4.48.